The Hall–Kier alpha value is -0.300. The van der Waals surface area contributed by atoms with Crippen molar-refractivity contribution in [2.75, 3.05) is 13.6 Å². The van der Waals surface area contributed by atoms with E-state index in [1.807, 2.05) is 7.05 Å². The van der Waals surface area contributed by atoms with Crippen molar-refractivity contribution in [1.29, 1.82) is 0 Å². The van der Waals surface area contributed by atoms with Crippen LogP contribution in [0.4, 0.5) is 0 Å². The zero-order valence-electron chi connectivity index (χ0n) is 10.1. The van der Waals surface area contributed by atoms with E-state index in [4.69, 9.17) is 0 Å². The van der Waals surface area contributed by atoms with E-state index in [1.165, 1.54) is 6.42 Å². The summed E-state index contributed by atoms with van der Waals surface area (Å²) in [7, 11) is 2.02. The third-order valence-corrected chi connectivity index (χ3v) is 2.55. The maximum absolute atomic E-state index is 3.26. The van der Waals surface area contributed by atoms with Crippen LogP contribution in [0, 0.1) is 11.8 Å². The van der Waals surface area contributed by atoms with Crippen LogP contribution in [0.15, 0.2) is 11.1 Å². The lowest BCUT2D eigenvalue weighted by atomic mass is 9.89. The van der Waals surface area contributed by atoms with Gasteiger partial charge in [0.25, 0.3) is 0 Å². The number of rotatable bonds is 5. The van der Waals surface area contributed by atoms with Gasteiger partial charge in [0.1, 0.15) is 0 Å². The summed E-state index contributed by atoms with van der Waals surface area (Å²) in [6.45, 7) is 12.4. The average molecular weight is 183 g/mol. The summed E-state index contributed by atoms with van der Waals surface area (Å²) in [5, 5.41) is 3.26. The second-order valence-electron chi connectivity index (χ2n) is 4.24. The van der Waals surface area contributed by atoms with Gasteiger partial charge in [-0.25, -0.2) is 0 Å². The SMILES string of the molecule is CC/C(=C(\CNC)C(C)C)C(C)C. The topological polar surface area (TPSA) is 12.0 Å². The Labute approximate surface area is 83.6 Å². The average Bonchev–Trinajstić information content (AvgIpc) is 2.03. The zero-order chi connectivity index (χ0) is 10.4. The highest BCUT2D eigenvalue weighted by Crippen LogP contribution is 2.23. The van der Waals surface area contributed by atoms with Crippen LogP contribution in [-0.2, 0) is 0 Å². The van der Waals surface area contributed by atoms with Crippen molar-refractivity contribution < 1.29 is 0 Å². The maximum atomic E-state index is 3.26. The van der Waals surface area contributed by atoms with Crippen molar-refractivity contribution in [3.05, 3.63) is 11.1 Å². The predicted molar refractivity (Wildman–Crippen MR) is 60.9 cm³/mol. The van der Waals surface area contributed by atoms with Crippen LogP contribution in [0.2, 0.25) is 0 Å². The smallest absolute Gasteiger partial charge is 0.0166 e. The van der Waals surface area contributed by atoms with E-state index in [2.05, 4.69) is 39.9 Å². The fourth-order valence-electron chi connectivity index (χ4n) is 1.88. The molecule has 0 atom stereocenters. The Bertz CT molecular complexity index is 166. The van der Waals surface area contributed by atoms with Crippen LogP contribution in [-0.4, -0.2) is 13.6 Å². The molecule has 0 spiro atoms. The lowest BCUT2D eigenvalue weighted by molar-refractivity contribution is 0.635. The molecule has 0 aromatic heterocycles. The van der Waals surface area contributed by atoms with Crippen molar-refractivity contribution in [1.82, 2.24) is 5.32 Å². The van der Waals surface area contributed by atoms with Crippen molar-refractivity contribution >= 4 is 0 Å². The standard InChI is InChI=1S/C12H25N/c1-7-11(9(2)3)12(8-13-6)10(4)5/h9-10,13H,7-8H2,1-6H3/b12-11-. The third kappa shape index (κ3) is 3.95. The first-order valence-electron chi connectivity index (χ1n) is 5.40. The van der Waals surface area contributed by atoms with Gasteiger partial charge in [0.15, 0.2) is 0 Å². The molecule has 0 unspecified atom stereocenters. The first-order valence-corrected chi connectivity index (χ1v) is 5.40. The predicted octanol–water partition coefficient (Wildman–Crippen LogP) is 3.22. The molecular weight excluding hydrogens is 158 g/mol. The molecule has 0 fully saturated rings. The second kappa shape index (κ2) is 6.20. The molecule has 0 saturated heterocycles. The fourth-order valence-corrected chi connectivity index (χ4v) is 1.88. The molecule has 0 amide bonds. The Kier molecular flexibility index (Phi) is 6.06. The molecule has 0 saturated carbocycles. The van der Waals surface area contributed by atoms with Gasteiger partial charge in [-0.3, -0.25) is 0 Å². The van der Waals surface area contributed by atoms with Gasteiger partial charge in [0.05, 0.1) is 0 Å². The van der Waals surface area contributed by atoms with Gasteiger partial charge in [-0.05, 0) is 25.3 Å². The molecule has 0 rings (SSSR count). The summed E-state index contributed by atoms with van der Waals surface area (Å²) in [5.74, 6) is 1.36. The van der Waals surface area contributed by atoms with Gasteiger partial charge in [0, 0.05) is 6.54 Å². The Balaban J connectivity index is 4.77. The van der Waals surface area contributed by atoms with Gasteiger partial charge in [-0.2, -0.15) is 0 Å². The molecule has 1 nitrogen and oxygen atoms in total. The molecule has 1 N–H and O–H groups in total. The van der Waals surface area contributed by atoms with Crippen LogP contribution >= 0.6 is 0 Å². The van der Waals surface area contributed by atoms with Crippen molar-refractivity contribution in [3.8, 4) is 0 Å². The number of likely N-dealkylation sites (N-methyl/N-ethyl adjacent to an activating group) is 1. The molecule has 0 bridgehead atoms. The minimum absolute atomic E-state index is 0.671. The van der Waals surface area contributed by atoms with Crippen LogP contribution in [0.25, 0.3) is 0 Å². The molecule has 0 radical (unpaired) electrons. The monoisotopic (exact) mass is 183 g/mol. The first kappa shape index (κ1) is 12.7. The summed E-state index contributed by atoms with van der Waals surface area (Å²) in [5.41, 5.74) is 3.23. The van der Waals surface area contributed by atoms with E-state index in [9.17, 15) is 0 Å². The Morgan fingerprint density at radius 2 is 1.46 bits per heavy atom. The maximum Gasteiger partial charge on any atom is 0.0166 e. The first-order chi connectivity index (χ1) is 6.04. The molecule has 0 aliphatic heterocycles. The molecule has 1 heteroatoms. The molecule has 0 aromatic rings. The highest BCUT2D eigenvalue weighted by Gasteiger charge is 2.11. The number of allylic oxidation sites excluding steroid dienone is 1. The molecule has 0 aromatic carbocycles. The van der Waals surface area contributed by atoms with E-state index < -0.39 is 0 Å². The molecule has 0 heterocycles. The van der Waals surface area contributed by atoms with Crippen LogP contribution in [0.5, 0.6) is 0 Å². The van der Waals surface area contributed by atoms with Gasteiger partial charge in [-0.1, -0.05) is 45.8 Å². The van der Waals surface area contributed by atoms with Gasteiger partial charge in [-0.15, -0.1) is 0 Å². The summed E-state index contributed by atoms with van der Waals surface area (Å²) in [6.07, 6.45) is 1.19. The van der Waals surface area contributed by atoms with Crippen molar-refractivity contribution in [3.63, 3.8) is 0 Å². The lowest BCUT2D eigenvalue weighted by Gasteiger charge is -2.20. The zero-order valence-corrected chi connectivity index (χ0v) is 10.1. The molecule has 0 aliphatic carbocycles. The largest absolute Gasteiger partial charge is 0.316 e. The molecule has 0 aliphatic rings. The van der Waals surface area contributed by atoms with Gasteiger partial charge in [0.2, 0.25) is 0 Å². The summed E-state index contributed by atoms with van der Waals surface area (Å²) >= 11 is 0. The van der Waals surface area contributed by atoms with Crippen LogP contribution in [0.1, 0.15) is 41.0 Å². The van der Waals surface area contributed by atoms with Crippen molar-refractivity contribution in [2.45, 2.75) is 41.0 Å². The van der Waals surface area contributed by atoms with Gasteiger partial charge < -0.3 is 5.32 Å². The highest BCUT2D eigenvalue weighted by atomic mass is 14.8. The third-order valence-electron chi connectivity index (χ3n) is 2.55. The normalized spacial score (nSPS) is 13.8. The van der Waals surface area contributed by atoms with Crippen LogP contribution < -0.4 is 5.32 Å². The van der Waals surface area contributed by atoms with E-state index in [0.717, 1.165) is 6.54 Å². The molecule has 78 valence electrons. The molecule has 13 heavy (non-hydrogen) atoms. The fraction of sp³-hybridized carbons (Fsp3) is 0.833. The Morgan fingerprint density at radius 1 is 1.00 bits per heavy atom. The quantitative estimate of drug-likeness (QED) is 0.645. The summed E-state index contributed by atoms with van der Waals surface area (Å²) in [6, 6.07) is 0. The highest BCUT2D eigenvalue weighted by molar-refractivity contribution is 5.19. The number of nitrogens with one attached hydrogen (secondary N) is 1. The summed E-state index contributed by atoms with van der Waals surface area (Å²) in [4.78, 5) is 0. The minimum atomic E-state index is 0.671. The van der Waals surface area contributed by atoms with Crippen LogP contribution in [0.3, 0.4) is 0 Å². The minimum Gasteiger partial charge on any atom is -0.316 e. The van der Waals surface area contributed by atoms with Crippen molar-refractivity contribution in [2.24, 2.45) is 11.8 Å². The van der Waals surface area contributed by atoms with E-state index in [1.54, 1.807) is 11.1 Å². The van der Waals surface area contributed by atoms with Gasteiger partial charge >= 0.3 is 0 Å². The van der Waals surface area contributed by atoms with E-state index in [0.29, 0.717) is 11.8 Å². The number of hydrogen-bond donors (Lipinski definition) is 1. The van der Waals surface area contributed by atoms with E-state index in [-0.39, 0.29) is 0 Å². The Morgan fingerprint density at radius 3 is 1.69 bits per heavy atom. The lowest BCUT2D eigenvalue weighted by Crippen LogP contribution is -2.17. The van der Waals surface area contributed by atoms with E-state index >= 15 is 0 Å². The second-order valence-corrected chi connectivity index (χ2v) is 4.24. The number of hydrogen-bond acceptors (Lipinski definition) is 1. The summed E-state index contributed by atoms with van der Waals surface area (Å²) < 4.78 is 0. The molecular formula is C12H25N.